The average Bonchev–Trinajstić information content (AvgIpc) is 3.72. The zero-order chi connectivity index (χ0) is 33.9. The normalized spacial score (nSPS) is 23.1. The number of nitrogens with zero attached hydrogens (tertiary/aromatic N) is 4. The second-order valence-electron chi connectivity index (χ2n) is 13.6. The lowest BCUT2D eigenvalue weighted by Gasteiger charge is -2.40. The van der Waals surface area contributed by atoms with Crippen molar-refractivity contribution in [3.8, 4) is 17.2 Å². The number of halogens is 3. The first-order valence-corrected chi connectivity index (χ1v) is 17.7. The molecular formula is C37H40Cl2FN5O3. The molecule has 48 heavy (non-hydrogen) atoms. The topological polar surface area (TPSA) is 117 Å². The molecule has 0 spiro atoms. The molecular weight excluding hydrogens is 652 g/mol. The second kappa shape index (κ2) is 13.2. The molecule has 4 unspecified atom stereocenters. The van der Waals surface area contributed by atoms with Crippen LogP contribution in [-0.4, -0.2) is 51.8 Å². The summed E-state index contributed by atoms with van der Waals surface area (Å²) in [6, 6.07) is 11.0. The summed E-state index contributed by atoms with van der Waals surface area (Å²) in [6.07, 6.45) is 4.67. The zero-order valence-corrected chi connectivity index (χ0v) is 28.7. The summed E-state index contributed by atoms with van der Waals surface area (Å²) >= 11 is 13.0. The van der Waals surface area contributed by atoms with E-state index in [4.69, 9.17) is 38.7 Å². The van der Waals surface area contributed by atoms with Crippen LogP contribution in [0, 0.1) is 29.0 Å². The minimum Gasteiger partial charge on any atom is -0.387 e. The molecule has 252 valence electrons. The predicted molar refractivity (Wildman–Crippen MR) is 185 cm³/mol. The van der Waals surface area contributed by atoms with Gasteiger partial charge in [0.2, 0.25) is 5.91 Å². The minimum absolute atomic E-state index is 0.0296. The third-order valence-corrected chi connectivity index (χ3v) is 11.5. The minimum atomic E-state index is -1.00. The highest BCUT2D eigenvalue weighted by Gasteiger charge is 2.46. The maximum atomic E-state index is 17.2. The van der Waals surface area contributed by atoms with E-state index < -0.39 is 11.9 Å². The first kappa shape index (κ1) is 33.2. The van der Waals surface area contributed by atoms with E-state index in [0.717, 1.165) is 55.1 Å². The molecule has 3 fully saturated rings. The molecule has 4 aromatic rings. The van der Waals surface area contributed by atoms with Crippen LogP contribution in [0.4, 0.5) is 4.39 Å². The Morgan fingerprint density at radius 3 is 2.62 bits per heavy atom. The number of carbonyl (C=O) groups is 1. The fraction of sp³-hybridized carbons (Fsp3) is 0.486. The molecule has 1 saturated heterocycles. The van der Waals surface area contributed by atoms with Gasteiger partial charge in [-0.25, -0.2) is 9.37 Å². The van der Waals surface area contributed by atoms with Crippen molar-refractivity contribution in [2.75, 3.05) is 20.3 Å². The summed E-state index contributed by atoms with van der Waals surface area (Å²) in [5.41, 5.74) is 9.77. The standard InChI is InChI=1S/C37H40Cl2FN5O3/c1-19(46)34-26-16-30(29-13-11-23(18-48-2)44(29)37(47)20-8-9-20)45(28-12-10-22(28)17-42)36(26)25-15-21(5-4-14-41)31(33(40)35(25)43-34)24-6-3-7-27(38)32(24)39/h3,6-7,15-16,19-20,22-23,28-29,46H,4-5,8-13,17-18,42H2,1-2H3/t19?,22-,23?,28?,29?/m1/s1. The number of nitrogens with two attached hydrogens (primary N) is 1. The van der Waals surface area contributed by atoms with Crippen molar-refractivity contribution in [1.29, 1.82) is 5.26 Å². The first-order chi connectivity index (χ1) is 23.2. The van der Waals surface area contributed by atoms with Crippen LogP contribution >= 0.6 is 23.2 Å². The van der Waals surface area contributed by atoms with Gasteiger partial charge >= 0.3 is 0 Å². The Kier molecular flexibility index (Phi) is 9.16. The van der Waals surface area contributed by atoms with E-state index in [-0.39, 0.29) is 69.8 Å². The highest BCUT2D eigenvalue weighted by Crippen LogP contribution is 2.50. The van der Waals surface area contributed by atoms with Gasteiger partial charge in [-0.05, 0) is 88.1 Å². The van der Waals surface area contributed by atoms with E-state index in [0.29, 0.717) is 35.4 Å². The number of hydrogen-bond donors (Lipinski definition) is 2. The molecule has 2 saturated carbocycles. The van der Waals surface area contributed by atoms with Crippen molar-refractivity contribution in [3.05, 3.63) is 63.1 Å². The molecule has 11 heteroatoms. The maximum Gasteiger partial charge on any atom is 0.226 e. The molecule has 5 atom stereocenters. The van der Waals surface area contributed by atoms with Crippen LogP contribution in [0.15, 0.2) is 30.3 Å². The number of ether oxygens (including phenoxy) is 1. The number of amides is 1. The lowest BCUT2D eigenvalue weighted by Crippen LogP contribution is -2.42. The van der Waals surface area contributed by atoms with Gasteiger partial charge in [-0.1, -0.05) is 35.3 Å². The van der Waals surface area contributed by atoms with Crippen LogP contribution in [-0.2, 0) is 16.0 Å². The average molecular weight is 693 g/mol. The zero-order valence-electron chi connectivity index (χ0n) is 27.2. The number of aliphatic hydroxyl groups excluding tert-OH is 1. The molecule has 7 rings (SSSR count). The SMILES string of the molecule is COCC1CCC(c2cc3c(C(C)O)nc4c(F)c(-c5cccc(Cl)c5Cl)c(CCC#N)cc4c3n2C2CC[C@@H]2CN)N1C(=O)C1CC1. The summed E-state index contributed by atoms with van der Waals surface area (Å²) in [6.45, 7) is 2.59. The number of rotatable bonds is 10. The lowest BCUT2D eigenvalue weighted by atomic mass is 9.79. The smallest absolute Gasteiger partial charge is 0.226 e. The molecule has 2 aromatic carbocycles. The second-order valence-corrected chi connectivity index (χ2v) is 14.4. The molecule has 1 amide bonds. The lowest BCUT2D eigenvalue weighted by molar-refractivity contribution is -0.136. The number of likely N-dealkylation sites (tertiary alicyclic amines) is 1. The number of pyridine rings is 1. The maximum absolute atomic E-state index is 17.2. The van der Waals surface area contributed by atoms with Crippen LogP contribution in [0.3, 0.4) is 0 Å². The number of fused-ring (bicyclic) bond motifs is 3. The van der Waals surface area contributed by atoms with Gasteiger partial charge in [-0.15, -0.1) is 0 Å². The van der Waals surface area contributed by atoms with Crippen LogP contribution in [0.5, 0.6) is 0 Å². The number of aliphatic hydroxyl groups is 1. The van der Waals surface area contributed by atoms with E-state index in [9.17, 15) is 15.2 Å². The third kappa shape index (κ3) is 5.46. The van der Waals surface area contributed by atoms with E-state index in [1.165, 1.54) is 0 Å². The van der Waals surface area contributed by atoms with E-state index >= 15 is 4.39 Å². The van der Waals surface area contributed by atoms with Crippen LogP contribution < -0.4 is 5.73 Å². The molecule has 1 aliphatic heterocycles. The Balaban J connectivity index is 1.55. The largest absolute Gasteiger partial charge is 0.387 e. The quantitative estimate of drug-likeness (QED) is 0.175. The van der Waals surface area contributed by atoms with Gasteiger partial charge in [0.05, 0.1) is 52.1 Å². The van der Waals surface area contributed by atoms with Gasteiger partial charge in [-0.3, -0.25) is 4.79 Å². The van der Waals surface area contributed by atoms with Gasteiger partial charge < -0.3 is 25.0 Å². The Bertz CT molecular complexity index is 1950. The highest BCUT2D eigenvalue weighted by atomic mass is 35.5. The molecule has 8 nitrogen and oxygen atoms in total. The number of benzene rings is 2. The fourth-order valence-electron chi connectivity index (χ4n) is 8.06. The Morgan fingerprint density at radius 2 is 1.98 bits per heavy atom. The number of carbonyl (C=O) groups excluding carboxylic acids is 1. The van der Waals surface area contributed by atoms with Crippen molar-refractivity contribution >= 4 is 50.9 Å². The molecule has 3 aliphatic rings. The summed E-state index contributed by atoms with van der Waals surface area (Å²) in [5, 5.41) is 22.5. The number of nitriles is 1. The fourth-order valence-corrected chi connectivity index (χ4v) is 8.45. The van der Waals surface area contributed by atoms with Gasteiger partial charge in [0.1, 0.15) is 5.52 Å². The number of hydrogen-bond acceptors (Lipinski definition) is 6. The molecule has 3 N–H and O–H groups in total. The van der Waals surface area contributed by atoms with Crippen molar-refractivity contribution in [2.24, 2.45) is 17.6 Å². The van der Waals surface area contributed by atoms with Gasteiger partial charge in [0.15, 0.2) is 5.82 Å². The highest BCUT2D eigenvalue weighted by molar-refractivity contribution is 6.43. The summed E-state index contributed by atoms with van der Waals surface area (Å²) in [7, 11) is 1.67. The van der Waals surface area contributed by atoms with Gasteiger partial charge in [-0.2, -0.15) is 5.26 Å². The van der Waals surface area contributed by atoms with Crippen molar-refractivity contribution in [1.82, 2.24) is 14.5 Å². The number of aromatic nitrogens is 2. The van der Waals surface area contributed by atoms with E-state index in [1.54, 1.807) is 32.2 Å². The Hall–Kier alpha value is -3.26. The Morgan fingerprint density at radius 1 is 1.19 bits per heavy atom. The summed E-state index contributed by atoms with van der Waals surface area (Å²) < 4.78 is 25.1. The van der Waals surface area contributed by atoms with Crippen molar-refractivity contribution in [2.45, 2.75) is 82.5 Å². The molecule has 0 radical (unpaired) electrons. The van der Waals surface area contributed by atoms with E-state index in [1.807, 2.05) is 11.0 Å². The third-order valence-electron chi connectivity index (χ3n) is 10.7. The Labute approximate surface area is 289 Å². The molecule has 0 bridgehead atoms. The van der Waals surface area contributed by atoms with E-state index in [2.05, 4.69) is 16.7 Å². The predicted octanol–water partition coefficient (Wildman–Crippen LogP) is 7.81. The first-order valence-electron chi connectivity index (χ1n) is 16.9. The van der Waals surface area contributed by atoms with Gasteiger partial charge in [0, 0.05) is 53.1 Å². The monoisotopic (exact) mass is 691 g/mol. The number of aryl methyl sites for hydroxylation is 1. The molecule has 3 heterocycles. The summed E-state index contributed by atoms with van der Waals surface area (Å²) in [5.74, 6) is -0.189. The van der Waals surface area contributed by atoms with Crippen molar-refractivity contribution in [3.63, 3.8) is 0 Å². The van der Waals surface area contributed by atoms with Crippen LogP contribution in [0.25, 0.3) is 32.9 Å². The van der Waals surface area contributed by atoms with Crippen LogP contribution in [0.2, 0.25) is 10.0 Å². The van der Waals surface area contributed by atoms with Crippen molar-refractivity contribution < 1.29 is 19.0 Å². The van der Waals surface area contributed by atoms with Crippen LogP contribution in [0.1, 0.15) is 87.0 Å². The molecule has 2 aliphatic carbocycles. The summed E-state index contributed by atoms with van der Waals surface area (Å²) in [4.78, 5) is 20.7. The van der Waals surface area contributed by atoms with Gasteiger partial charge in [0.25, 0.3) is 0 Å². The number of methoxy groups -OCH3 is 1. The molecule has 2 aromatic heterocycles.